The molecule has 0 fully saturated rings. The molecule has 4 heteroatoms. The molecule has 0 unspecified atom stereocenters. The molecule has 0 aromatic heterocycles. The van der Waals surface area contributed by atoms with Crippen molar-refractivity contribution in [1.82, 2.24) is 5.32 Å². The zero-order chi connectivity index (χ0) is 11.4. The number of nitrogens with one attached hydrogen (secondary N) is 1. The molecular weight excluding hydrogens is 182 g/mol. The average Bonchev–Trinajstić information content (AvgIpc) is 1.96. The predicted octanol–water partition coefficient (Wildman–Crippen LogP) is 1.73. The smallest absolute Gasteiger partial charge is 0.408 e. The average molecular weight is 201 g/mol. The van der Waals surface area contributed by atoms with Crippen LogP contribution >= 0.6 is 0 Å². The van der Waals surface area contributed by atoms with Crippen LogP contribution in [-0.4, -0.2) is 24.0 Å². The third-order valence-corrected chi connectivity index (χ3v) is 1.51. The van der Waals surface area contributed by atoms with Gasteiger partial charge in [0.05, 0.1) is 0 Å². The third-order valence-electron chi connectivity index (χ3n) is 1.51. The lowest BCUT2D eigenvalue weighted by Gasteiger charge is -2.22. The highest BCUT2D eigenvalue weighted by Crippen LogP contribution is 2.06. The molecule has 0 rings (SSSR count). The Bertz CT molecular complexity index is 206. The highest BCUT2D eigenvalue weighted by molar-refractivity contribution is 5.71. The van der Waals surface area contributed by atoms with Crippen LogP contribution in [-0.2, 0) is 9.53 Å². The van der Waals surface area contributed by atoms with Crippen LogP contribution in [0.4, 0.5) is 4.79 Å². The summed E-state index contributed by atoms with van der Waals surface area (Å²) in [6.45, 7) is 9.19. The van der Waals surface area contributed by atoms with Gasteiger partial charge in [0.1, 0.15) is 0 Å². The van der Waals surface area contributed by atoms with E-state index in [4.69, 9.17) is 4.74 Å². The van der Waals surface area contributed by atoms with E-state index in [0.29, 0.717) is 6.29 Å². The lowest BCUT2D eigenvalue weighted by Crippen LogP contribution is -2.43. The lowest BCUT2D eigenvalue weighted by molar-refractivity contribution is -0.117. The fourth-order valence-corrected chi connectivity index (χ4v) is 0.780. The van der Waals surface area contributed by atoms with E-state index in [2.05, 4.69) is 5.32 Å². The van der Waals surface area contributed by atoms with E-state index in [1.54, 1.807) is 0 Å². The van der Waals surface area contributed by atoms with Crippen molar-refractivity contribution in [2.24, 2.45) is 5.92 Å². The molecule has 0 saturated heterocycles. The Morgan fingerprint density at radius 2 is 1.86 bits per heavy atom. The SMILES string of the molecule is CC(C)[C@H](C=O)OC(=O)NC(C)(C)C. The number of alkyl carbamates (subject to hydrolysis) is 1. The maximum absolute atomic E-state index is 11.2. The molecule has 0 spiro atoms. The highest BCUT2D eigenvalue weighted by atomic mass is 16.6. The number of carbonyl (C=O) groups excluding carboxylic acids is 2. The summed E-state index contributed by atoms with van der Waals surface area (Å²) in [5.74, 6) is -0.00165. The first-order chi connectivity index (χ1) is 6.26. The van der Waals surface area contributed by atoms with Crippen molar-refractivity contribution in [2.45, 2.75) is 46.3 Å². The summed E-state index contributed by atoms with van der Waals surface area (Å²) >= 11 is 0. The Morgan fingerprint density at radius 1 is 1.36 bits per heavy atom. The van der Waals surface area contributed by atoms with Gasteiger partial charge in [-0.15, -0.1) is 0 Å². The number of ether oxygens (including phenoxy) is 1. The normalized spacial score (nSPS) is 13.6. The molecule has 0 aromatic rings. The van der Waals surface area contributed by atoms with Crippen LogP contribution in [0.5, 0.6) is 0 Å². The van der Waals surface area contributed by atoms with Crippen molar-refractivity contribution in [3.8, 4) is 0 Å². The molecule has 0 aliphatic rings. The van der Waals surface area contributed by atoms with Crippen molar-refractivity contribution >= 4 is 12.4 Å². The first-order valence-electron chi connectivity index (χ1n) is 4.70. The van der Waals surface area contributed by atoms with Crippen LogP contribution in [0.1, 0.15) is 34.6 Å². The van der Waals surface area contributed by atoms with E-state index >= 15 is 0 Å². The minimum atomic E-state index is -0.669. The van der Waals surface area contributed by atoms with Gasteiger partial charge in [0.15, 0.2) is 12.4 Å². The molecule has 0 aromatic carbocycles. The van der Waals surface area contributed by atoms with E-state index in [0.717, 1.165) is 0 Å². The quantitative estimate of drug-likeness (QED) is 0.707. The monoisotopic (exact) mass is 201 g/mol. The second kappa shape index (κ2) is 4.98. The van der Waals surface area contributed by atoms with Crippen molar-refractivity contribution in [3.63, 3.8) is 0 Å². The molecule has 1 amide bonds. The van der Waals surface area contributed by atoms with Gasteiger partial charge < -0.3 is 10.1 Å². The van der Waals surface area contributed by atoms with Gasteiger partial charge >= 0.3 is 6.09 Å². The number of rotatable bonds is 3. The number of amides is 1. The Kier molecular flexibility index (Phi) is 4.60. The summed E-state index contributed by atoms with van der Waals surface area (Å²) in [6.07, 6.45) is -0.576. The van der Waals surface area contributed by atoms with Gasteiger partial charge in [0, 0.05) is 5.54 Å². The van der Waals surface area contributed by atoms with Crippen LogP contribution in [0.15, 0.2) is 0 Å². The first-order valence-corrected chi connectivity index (χ1v) is 4.70. The van der Waals surface area contributed by atoms with Crippen LogP contribution in [0.25, 0.3) is 0 Å². The predicted molar refractivity (Wildman–Crippen MR) is 54.1 cm³/mol. The summed E-state index contributed by atoms with van der Waals surface area (Å²) in [6, 6.07) is 0. The summed E-state index contributed by atoms with van der Waals surface area (Å²) in [7, 11) is 0. The zero-order valence-electron chi connectivity index (χ0n) is 9.46. The molecule has 14 heavy (non-hydrogen) atoms. The van der Waals surface area contributed by atoms with Gasteiger partial charge in [-0.3, -0.25) is 4.79 Å². The zero-order valence-corrected chi connectivity index (χ0v) is 9.46. The Morgan fingerprint density at radius 3 is 2.14 bits per heavy atom. The van der Waals surface area contributed by atoms with Crippen molar-refractivity contribution in [2.75, 3.05) is 0 Å². The molecule has 0 bridgehead atoms. The minimum absolute atomic E-state index is 0.00165. The first kappa shape index (κ1) is 12.9. The van der Waals surface area contributed by atoms with Crippen LogP contribution in [0.3, 0.4) is 0 Å². The number of aldehydes is 1. The fourth-order valence-electron chi connectivity index (χ4n) is 0.780. The largest absolute Gasteiger partial charge is 0.438 e. The van der Waals surface area contributed by atoms with E-state index < -0.39 is 12.2 Å². The number of hydrogen-bond donors (Lipinski definition) is 1. The van der Waals surface area contributed by atoms with Crippen molar-refractivity contribution < 1.29 is 14.3 Å². The number of hydrogen-bond acceptors (Lipinski definition) is 3. The van der Waals surface area contributed by atoms with E-state index in [1.807, 2.05) is 34.6 Å². The minimum Gasteiger partial charge on any atom is -0.438 e. The van der Waals surface area contributed by atoms with E-state index in [1.165, 1.54) is 0 Å². The molecule has 0 radical (unpaired) electrons. The fraction of sp³-hybridized carbons (Fsp3) is 0.800. The van der Waals surface area contributed by atoms with Gasteiger partial charge in [0.2, 0.25) is 0 Å². The standard InChI is InChI=1S/C10H19NO3/c1-7(2)8(6-12)14-9(13)11-10(3,4)5/h6-8H,1-5H3,(H,11,13)/t8-/m0/s1. The summed E-state index contributed by atoms with van der Waals surface area (Å²) < 4.78 is 4.92. The Hall–Kier alpha value is -1.06. The molecule has 0 saturated carbocycles. The molecule has 82 valence electrons. The van der Waals surface area contributed by atoms with Gasteiger partial charge in [-0.25, -0.2) is 4.79 Å². The molecule has 0 aliphatic carbocycles. The number of carbonyl (C=O) groups is 2. The van der Waals surface area contributed by atoms with Gasteiger partial charge in [0.25, 0.3) is 0 Å². The summed E-state index contributed by atoms with van der Waals surface area (Å²) in [5, 5.41) is 2.62. The molecule has 1 atom stereocenters. The van der Waals surface area contributed by atoms with Crippen LogP contribution in [0, 0.1) is 5.92 Å². The second-order valence-corrected chi connectivity index (χ2v) is 4.63. The van der Waals surface area contributed by atoms with Crippen molar-refractivity contribution in [3.05, 3.63) is 0 Å². The maximum atomic E-state index is 11.2. The molecule has 1 N–H and O–H groups in total. The summed E-state index contributed by atoms with van der Waals surface area (Å²) in [5.41, 5.74) is -0.346. The molecule has 4 nitrogen and oxygen atoms in total. The van der Waals surface area contributed by atoms with Crippen LogP contribution < -0.4 is 5.32 Å². The van der Waals surface area contributed by atoms with Crippen LogP contribution in [0.2, 0.25) is 0 Å². The van der Waals surface area contributed by atoms with Gasteiger partial charge in [-0.05, 0) is 26.7 Å². The van der Waals surface area contributed by atoms with Crippen molar-refractivity contribution in [1.29, 1.82) is 0 Å². The third kappa shape index (κ3) is 5.56. The van der Waals surface area contributed by atoms with Gasteiger partial charge in [-0.2, -0.15) is 0 Å². The maximum Gasteiger partial charge on any atom is 0.408 e. The second-order valence-electron chi connectivity index (χ2n) is 4.63. The molecular formula is C10H19NO3. The Balaban J connectivity index is 4.11. The molecule has 0 aliphatic heterocycles. The highest BCUT2D eigenvalue weighted by Gasteiger charge is 2.20. The molecule has 0 heterocycles. The van der Waals surface area contributed by atoms with E-state index in [-0.39, 0.29) is 11.5 Å². The van der Waals surface area contributed by atoms with E-state index in [9.17, 15) is 9.59 Å². The Labute approximate surface area is 85.0 Å². The van der Waals surface area contributed by atoms with Gasteiger partial charge in [-0.1, -0.05) is 13.8 Å². The summed E-state index contributed by atoms with van der Waals surface area (Å²) in [4.78, 5) is 21.8. The lowest BCUT2D eigenvalue weighted by atomic mass is 10.1. The topological polar surface area (TPSA) is 55.4 Å².